The minimum Gasteiger partial charge on any atom is -0.228 e. The van der Waals surface area contributed by atoms with Crippen LogP contribution in [0.2, 0.25) is 0 Å². The van der Waals surface area contributed by atoms with Gasteiger partial charge in [0.15, 0.2) is 5.82 Å². The Morgan fingerprint density at radius 3 is 1.70 bits per heavy atom. The zero-order valence-electron chi connectivity index (χ0n) is 25.1. The first-order valence-corrected chi connectivity index (χ1v) is 15.7. The molecule has 0 aliphatic heterocycles. The van der Waals surface area contributed by atoms with E-state index < -0.39 is 0 Å². The Morgan fingerprint density at radius 1 is 0.304 bits per heavy atom. The van der Waals surface area contributed by atoms with Crippen LogP contribution in [-0.2, 0) is 0 Å². The van der Waals surface area contributed by atoms with Crippen molar-refractivity contribution >= 4 is 43.1 Å². The van der Waals surface area contributed by atoms with Crippen molar-refractivity contribution in [2.45, 2.75) is 0 Å². The van der Waals surface area contributed by atoms with Crippen LogP contribution in [0.4, 0.5) is 0 Å². The average Bonchev–Trinajstić information content (AvgIpc) is 3.14. The third-order valence-corrected chi connectivity index (χ3v) is 9.07. The van der Waals surface area contributed by atoms with Crippen LogP contribution >= 0.6 is 0 Å². The summed E-state index contributed by atoms with van der Waals surface area (Å²) < 4.78 is 0. The summed E-state index contributed by atoms with van der Waals surface area (Å²) in [4.78, 5) is 10.6. The molecular formula is C44H28N2. The number of fused-ring (bicyclic) bond motifs is 5. The van der Waals surface area contributed by atoms with Gasteiger partial charge in [-0.1, -0.05) is 158 Å². The Balaban J connectivity index is 1.34. The van der Waals surface area contributed by atoms with Crippen LogP contribution in [0.25, 0.3) is 88.1 Å². The van der Waals surface area contributed by atoms with Crippen molar-refractivity contribution in [1.82, 2.24) is 9.97 Å². The van der Waals surface area contributed by atoms with E-state index in [1.165, 1.54) is 54.2 Å². The molecule has 0 saturated carbocycles. The minimum atomic E-state index is 0.710. The molecule has 9 rings (SSSR count). The van der Waals surface area contributed by atoms with E-state index in [9.17, 15) is 0 Å². The van der Waals surface area contributed by atoms with Gasteiger partial charge in [0, 0.05) is 16.7 Å². The molecular weight excluding hydrogens is 556 g/mol. The van der Waals surface area contributed by atoms with E-state index in [0.717, 1.165) is 28.1 Å². The maximum atomic E-state index is 5.35. The molecule has 0 aliphatic carbocycles. The molecule has 0 spiro atoms. The lowest BCUT2D eigenvalue weighted by atomic mass is 9.91. The van der Waals surface area contributed by atoms with Gasteiger partial charge in [0.25, 0.3) is 0 Å². The Labute approximate surface area is 267 Å². The Bertz CT molecular complexity index is 2560. The van der Waals surface area contributed by atoms with Crippen LogP contribution in [0.3, 0.4) is 0 Å². The SMILES string of the molecule is c1ccc(-c2ccc(-c3nc(-c4cccc5ccccc45)cc(-c4c5ccccc5cc5c4ccc4ccccc45)n3)cc2)cc1. The van der Waals surface area contributed by atoms with Crippen molar-refractivity contribution in [2.24, 2.45) is 0 Å². The van der Waals surface area contributed by atoms with Crippen LogP contribution in [0, 0.1) is 0 Å². The molecule has 0 radical (unpaired) electrons. The lowest BCUT2D eigenvalue weighted by Crippen LogP contribution is -1.98. The van der Waals surface area contributed by atoms with Gasteiger partial charge in [-0.05, 0) is 66.3 Å². The number of aromatic nitrogens is 2. The molecule has 0 amide bonds. The van der Waals surface area contributed by atoms with Crippen molar-refractivity contribution < 1.29 is 0 Å². The summed E-state index contributed by atoms with van der Waals surface area (Å²) in [5, 5.41) is 9.63. The summed E-state index contributed by atoms with van der Waals surface area (Å²) in [6, 6.07) is 60.3. The second-order valence-corrected chi connectivity index (χ2v) is 11.8. The Hall–Kier alpha value is -6.12. The number of nitrogens with zero attached hydrogens (tertiary/aromatic N) is 2. The van der Waals surface area contributed by atoms with Crippen LogP contribution in [0.5, 0.6) is 0 Å². The molecule has 0 N–H and O–H groups in total. The molecule has 214 valence electrons. The van der Waals surface area contributed by atoms with Gasteiger partial charge in [-0.3, -0.25) is 0 Å². The first kappa shape index (κ1) is 26.3. The lowest BCUT2D eigenvalue weighted by molar-refractivity contribution is 1.19. The summed E-state index contributed by atoms with van der Waals surface area (Å²) >= 11 is 0. The summed E-state index contributed by atoms with van der Waals surface area (Å²) in [7, 11) is 0. The van der Waals surface area contributed by atoms with E-state index in [-0.39, 0.29) is 0 Å². The van der Waals surface area contributed by atoms with Crippen LogP contribution in [0.15, 0.2) is 170 Å². The number of rotatable bonds is 4. The van der Waals surface area contributed by atoms with Gasteiger partial charge in [0.1, 0.15) is 0 Å². The van der Waals surface area contributed by atoms with Gasteiger partial charge in [-0.2, -0.15) is 0 Å². The highest BCUT2D eigenvalue weighted by Crippen LogP contribution is 2.41. The number of hydrogen-bond acceptors (Lipinski definition) is 2. The molecule has 2 nitrogen and oxygen atoms in total. The van der Waals surface area contributed by atoms with Crippen LogP contribution in [-0.4, -0.2) is 9.97 Å². The highest BCUT2D eigenvalue weighted by Gasteiger charge is 2.18. The van der Waals surface area contributed by atoms with Crippen molar-refractivity contribution in [3.63, 3.8) is 0 Å². The van der Waals surface area contributed by atoms with Gasteiger partial charge in [-0.25, -0.2) is 9.97 Å². The van der Waals surface area contributed by atoms with E-state index in [1.54, 1.807) is 0 Å². The average molecular weight is 585 g/mol. The summed E-state index contributed by atoms with van der Waals surface area (Å²) in [6.07, 6.45) is 0. The predicted molar refractivity (Wildman–Crippen MR) is 194 cm³/mol. The minimum absolute atomic E-state index is 0.710. The highest BCUT2D eigenvalue weighted by atomic mass is 14.9. The lowest BCUT2D eigenvalue weighted by Gasteiger charge is -2.16. The molecule has 9 aromatic rings. The quantitative estimate of drug-likeness (QED) is 0.152. The molecule has 0 saturated heterocycles. The zero-order valence-corrected chi connectivity index (χ0v) is 25.1. The number of benzene rings is 8. The van der Waals surface area contributed by atoms with Gasteiger partial charge in [-0.15, -0.1) is 0 Å². The van der Waals surface area contributed by atoms with Gasteiger partial charge in [0.05, 0.1) is 11.4 Å². The van der Waals surface area contributed by atoms with E-state index in [0.29, 0.717) is 5.82 Å². The van der Waals surface area contributed by atoms with Crippen molar-refractivity contribution in [1.29, 1.82) is 0 Å². The van der Waals surface area contributed by atoms with E-state index in [1.807, 2.05) is 6.07 Å². The third-order valence-electron chi connectivity index (χ3n) is 9.07. The van der Waals surface area contributed by atoms with E-state index >= 15 is 0 Å². The fourth-order valence-electron chi connectivity index (χ4n) is 6.83. The largest absolute Gasteiger partial charge is 0.228 e. The van der Waals surface area contributed by atoms with Gasteiger partial charge in [0.2, 0.25) is 0 Å². The van der Waals surface area contributed by atoms with Crippen LogP contribution in [0.1, 0.15) is 0 Å². The molecule has 0 aliphatic rings. The standard InChI is InChI=1S/C44H28N2/c1-2-11-29(12-3-1)30-21-23-33(24-22-30)44-45-41(38-20-10-16-31-13-4-7-17-35(31)38)28-42(46-44)43-37-19-9-6-15-34(37)27-40-36-18-8-5-14-32(36)25-26-39(40)43/h1-28H. The van der Waals surface area contributed by atoms with Gasteiger partial charge < -0.3 is 0 Å². The third kappa shape index (κ3) is 4.43. The molecule has 46 heavy (non-hydrogen) atoms. The smallest absolute Gasteiger partial charge is 0.160 e. The van der Waals surface area contributed by atoms with Crippen molar-refractivity contribution in [3.05, 3.63) is 170 Å². The first-order valence-electron chi connectivity index (χ1n) is 15.7. The highest BCUT2D eigenvalue weighted by molar-refractivity contribution is 6.20. The van der Waals surface area contributed by atoms with E-state index in [2.05, 4.69) is 164 Å². The molecule has 0 atom stereocenters. The van der Waals surface area contributed by atoms with Crippen LogP contribution < -0.4 is 0 Å². The maximum absolute atomic E-state index is 5.35. The molecule has 1 aromatic heterocycles. The maximum Gasteiger partial charge on any atom is 0.160 e. The molecule has 8 aromatic carbocycles. The summed E-state index contributed by atoms with van der Waals surface area (Å²) in [5.74, 6) is 0.710. The van der Waals surface area contributed by atoms with E-state index in [4.69, 9.17) is 9.97 Å². The molecule has 1 heterocycles. The molecule has 0 unspecified atom stereocenters. The fraction of sp³-hybridized carbons (Fsp3) is 0. The molecule has 0 fully saturated rings. The summed E-state index contributed by atoms with van der Waals surface area (Å²) in [6.45, 7) is 0. The van der Waals surface area contributed by atoms with Gasteiger partial charge >= 0.3 is 0 Å². The first-order chi connectivity index (χ1) is 22.8. The Kier molecular flexibility index (Phi) is 6.17. The summed E-state index contributed by atoms with van der Waals surface area (Å²) in [5.41, 5.74) is 7.39. The zero-order chi connectivity index (χ0) is 30.5. The molecule has 0 bridgehead atoms. The van der Waals surface area contributed by atoms with Crippen molar-refractivity contribution in [2.75, 3.05) is 0 Å². The Morgan fingerprint density at radius 2 is 0.891 bits per heavy atom. The topological polar surface area (TPSA) is 25.8 Å². The fourth-order valence-corrected chi connectivity index (χ4v) is 6.83. The second-order valence-electron chi connectivity index (χ2n) is 11.8. The second kappa shape index (κ2) is 10.8. The normalized spacial score (nSPS) is 11.5. The van der Waals surface area contributed by atoms with Crippen molar-refractivity contribution in [3.8, 4) is 45.0 Å². The number of hydrogen-bond donors (Lipinski definition) is 0. The predicted octanol–water partition coefficient (Wildman–Crippen LogP) is 11.8. The molecule has 2 heteroatoms. The monoisotopic (exact) mass is 584 g/mol.